The van der Waals surface area contributed by atoms with E-state index in [1.165, 1.54) is 97.3 Å². The number of nitrogens with zero attached hydrogens (tertiary/aromatic N) is 2. The van der Waals surface area contributed by atoms with E-state index < -0.39 is 0 Å². The highest BCUT2D eigenvalue weighted by Crippen LogP contribution is 2.52. The molecular weight excluding hydrogens is 877 g/mol. The Kier molecular flexibility index (Phi) is 10.7. The molecule has 71 heavy (non-hydrogen) atoms. The van der Waals surface area contributed by atoms with Crippen molar-refractivity contribution in [3.8, 4) is 22.3 Å². The van der Waals surface area contributed by atoms with Crippen LogP contribution in [0.3, 0.4) is 0 Å². The van der Waals surface area contributed by atoms with Crippen LogP contribution in [0, 0.1) is 0 Å². The highest BCUT2D eigenvalue weighted by molar-refractivity contribution is 7.26. The highest BCUT2D eigenvalue weighted by atomic mass is 32.1. The summed E-state index contributed by atoms with van der Waals surface area (Å²) in [4.78, 5) is 4.97. The number of thiophene rings is 1. The van der Waals surface area contributed by atoms with E-state index in [1.54, 1.807) is 0 Å². The maximum atomic E-state index is 4.22. The summed E-state index contributed by atoms with van der Waals surface area (Å²) in [7, 11) is 0. The lowest BCUT2D eigenvalue weighted by molar-refractivity contribution is 0.749. The van der Waals surface area contributed by atoms with Gasteiger partial charge in [0.2, 0.25) is 0 Å². The second kappa shape index (κ2) is 18.0. The molecule has 0 spiro atoms. The lowest BCUT2D eigenvalue weighted by Gasteiger charge is -2.32. The van der Waals surface area contributed by atoms with Gasteiger partial charge in [0.1, 0.15) is 0 Å². The summed E-state index contributed by atoms with van der Waals surface area (Å²) in [6.45, 7) is 4.22. The minimum atomic E-state index is 0.132. The Labute approximate surface area is 418 Å². The first-order valence-electron chi connectivity index (χ1n) is 24.5. The number of hydrogen-bond acceptors (Lipinski definition) is 3. The fourth-order valence-corrected chi connectivity index (χ4v) is 12.3. The molecule has 1 aliphatic rings. The van der Waals surface area contributed by atoms with Crippen molar-refractivity contribution >= 4 is 92.3 Å². The average Bonchev–Trinajstić information content (AvgIpc) is 4.06. The fourth-order valence-electron chi connectivity index (χ4n) is 11.2. The van der Waals surface area contributed by atoms with Gasteiger partial charge >= 0.3 is 0 Å². The Morgan fingerprint density at radius 3 is 1.96 bits per heavy atom. The largest absolute Gasteiger partial charge is 0.333 e. The van der Waals surface area contributed by atoms with E-state index in [0.29, 0.717) is 0 Å². The average molecular weight is 925 g/mol. The monoisotopic (exact) mass is 924 g/mol. The Balaban J connectivity index is 1.16. The maximum Gasteiger partial charge on any atom is 0.0626 e. The van der Waals surface area contributed by atoms with Crippen LogP contribution in [-0.4, -0.2) is 0 Å². The molecule has 13 rings (SSSR count). The van der Waals surface area contributed by atoms with Crippen molar-refractivity contribution in [2.75, 3.05) is 9.80 Å². The number of hydrogen-bond donors (Lipinski definition) is 0. The molecule has 1 atom stereocenters. The zero-order valence-corrected chi connectivity index (χ0v) is 39.9. The van der Waals surface area contributed by atoms with Crippen molar-refractivity contribution in [3.63, 3.8) is 0 Å². The zero-order valence-electron chi connectivity index (χ0n) is 39.1. The molecule has 0 bridgehead atoms. The number of para-hydroxylation sites is 1. The van der Waals surface area contributed by atoms with Crippen LogP contribution in [0.5, 0.6) is 0 Å². The number of fused-ring (bicyclic) bond motifs is 6. The number of rotatable bonds is 10. The molecule has 11 aromatic carbocycles. The Bertz CT molecular complexity index is 4040. The number of benzene rings is 11. The third-order valence-corrected chi connectivity index (χ3v) is 15.4. The molecule has 2 heterocycles. The quantitative estimate of drug-likeness (QED) is 0.0996. The molecule has 0 saturated carbocycles. The molecule has 0 N–H and O–H groups in total. The summed E-state index contributed by atoms with van der Waals surface area (Å²) in [5.41, 5.74) is 14.0. The van der Waals surface area contributed by atoms with Gasteiger partial charge in [0.25, 0.3) is 0 Å². The smallest absolute Gasteiger partial charge is 0.0626 e. The Morgan fingerprint density at radius 2 is 1.15 bits per heavy atom. The highest BCUT2D eigenvalue weighted by Gasteiger charge is 2.31. The molecule has 0 amide bonds. The van der Waals surface area contributed by atoms with Crippen LogP contribution in [0.15, 0.2) is 267 Å². The predicted molar refractivity (Wildman–Crippen MR) is 307 cm³/mol. The van der Waals surface area contributed by atoms with Gasteiger partial charge in [-0.25, -0.2) is 0 Å². The molecule has 0 aliphatic carbocycles. The van der Waals surface area contributed by atoms with Crippen molar-refractivity contribution < 1.29 is 0 Å². The minimum absolute atomic E-state index is 0.132. The van der Waals surface area contributed by atoms with Gasteiger partial charge in [-0.2, -0.15) is 0 Å². The normalized spacial score (nSPS) is 13.9. The molecule has 336 valence electrons. The summed E-state index contributed by atoms with van der Waals surface area (Å²) in [5, 5.41) is 9.82. The zero-order chi connectivity index (χ0) is 47.3. The number of anilines is 3. The van der Waals surface area contributed by atoms with Crippen LogP contribution in [-0.2, 0) is 0 Å². The molecule has 0 radical (unpaired) electrons. The predicted octanol–water partition coefficient (Wildman–Crippen LogP) is 19.2. The van der Waals surface area contributed by atoms with Gasteiger partial charge < -0.3 is 9.80 Å². The van der Waals surface area contributed by atoms with E-state index in [2.05, 4.69) is 271 Å². The van der Waals surface area contributed by atoms with E-state index in [0.717, 1.165) is 29.1 Å². The van der Waals surface area contributed by atoms with Crippen molar-refractivity contribution in [2.24, 2.45) is 0 Å². The Morgan fingerprint density at radius 1 is 0.493 bits per heavy atom. The molecule has 12 aromatic rings. The van der Waals surface area contributed by atoms with E-state index in [4.69, 9.17) is 0 Å². The van der Waals surface area contributed by atoms with Crippen LogP contribution in [0.4, 0.5) is 17.1 Å². The number of allylic oxidation sites excluding steroid dienone is 2. The van der Waals surface area contributed by atoms with Gasteiger partial charge in [0, 0.05) is 42.9 Å². The molecular formula is C68H48N2S. The van der Waals surface area contributed by atoms with Gasteiger partial charge in [-0.15, -0.1) is 11.3 Å². The SMILES string of the molecule is C=C/C=C(/c1ccccc1)N(c1ccccc1)c1ccc2c(-c3ccc4ccccc4c3)c3cc(N4C(c5ccccc5)=CCC4c4ccccc4)ccc3c(-c3cccc4sc5ccccc5c34)c2c1. The summed E-state index contributed by atoms with van der Waals surface area (Å²) < 4.78 is 2.57. The first-order chi connectivity index (χ1) is 35.2. The van der Waals surface area contributed by atoms with Crippen LogP contribution in [0.25, 0.3) is 86.1 Å². The van der Waals surface area contributed by atoms with Crippen molar-refractivity contribution in [1.29, 1.82) is 0 Å². The minimum Gasteiger partial charge on any atom is -0.333 e. The first-order valence-corrected chi connectivity index (χ1v) is 25.3. The summed E-state index contributed by atoms with van der Waals surface area (Å²) in [5.74, 6) is 0. The van der Waals surface area contributed by atoms with Crippen molar-refractivity contribution in [2.45, 2.75) is 12.5 Å². The molecule has 0 fully saturated rings. The van der Waals surface area contributed by atoms with Crippen molar-refractivity contribution in [1.82, 2.24) is 0 Å². The van der Waals surface area contributed by atoms with E-state index in [9.17, 15) is 0 Å². The molecule has 3 heteroatoms. The van der Waals surface area contributed by atoms with Crippen LogP contribution in [0.1, 0.15) is 29.2 Å². The van der Waals surface area contributed by atoms with E-state index >= 15 is 0 Å². The topological polar surface area (TPSA) is 6.48 Å². The van der Waals surface area contributed by atoms with Crippen LogP contribution in [0.2, 0.25) is 0 Å². The summed E-state index contributed by atoms with van der Waals surface area (Å²) in [6.07, 6.45) is 7.37. The lowest BCUT2D eigenvalue weighted by Crippen LogP contribution is -2.22. The fraction of sp³-hybridized carbons (Fsp3) is 0.0294. The van der Waals surface area contributed by atoms with Gasteiger partial charge in [-0.05, 0) is 138 Å². The lowest BCUT2D eigenvalue weighted by atomic mass is 9.84. The van der Waals surface area contributed by atoms with Gasteiger partial charge in [-0.1, -0.05) is 207 Å². The Hall–Kier alpha value is -8.76. The first kappa shape index (κ1) is 42.4. The van der Waals surface area contributed by atoms with Gasteiger partial charge in [-0.3, -0.25) is 0 Å². The summed E-state index contributed by atoms with van der Waals surface area (Å²) in [6, 6.07) is 89.5. The second-order valence-corrected chi connectivity index (χ2v) is 19.4. The van der Waals surface area contributed by atoms with E-state index in [-0.39, 0.29) is 6.04 Å². The maximum absolute atomic E-state index is 4.22. The molecule has 0 saturated heterocycles. The standard InChI is InChI=1S/C68H48N2S/c1-2-20-61(47-22-7-3-8-23-47)69(52-29-13-6-14-30-52)53-37-39-55-60(44-53)67(58-32-19-34-65-68(58)57-31-17-18-33-64(57)71-65)56-40-38-54(45-59(56)66(55)51-36-35-46-21-15-16-28-50(46)43-51)70-62(48-24-9-4-10-25-48)41-42-63(70)49-26-11-5-12-27-49/h2-41,43-45,63H,1,42H2/b61-20-. The van der Waals surface area contributed by atoms with Gasteiger partial charge in [0.05, 0.1) is 11.7 Å². The third kappa shape index (κ3) is 7.42. The molecule has 2 nitrogen and oxygen atoms in total. The third-order valence-electron chi connectivity index (χ3n) is 14.3. The van der Waals surface area contributed by atoms with E-state index in [1.807, 2.05) is 17.4 Å². The molecule has 1 unspecified atom stereocenters. The van der Waals surface area contributed by atoms with Crippen LogP contribution >= 0.6 is 11.3 Å². The van der Waals surface area contributed by atoms with Gasteiger partial charge in [0.15, 0.2) is 0 Å². The molecule has 1 aromatic heterocycles. The summed E-state index contributed by atoms with van der Waals surface area (Å²) >= 11 is 1.87. The van der Waals surface area contributed by atoms with Crippen LogP contribution < -0.4 is 9.80 Å². The second-order valence-electron chi connectivity index (χ2n) is 18.4. The molecule has 1 aliphatic heterocycles. The van der Waals surface area contributed by atoms with Crippen molar-refractivity contribution in [3.05, 3.63) is 284 Å².